The lowest BCUT2D eigenvalue weighted by Gasteiger charge is -2.31. The Labute approximate surface area is 247 Å². The lowest BCUT2D eigenvalue weighted by Crippen LogP contribution is -2.34. The van der Waals surface area contributed by atoms with E-state index in [9.17, 15) is 35.9 Å². The van der Waals surface area contributed by atoms with Gasteiger partial charge >= 0.3 is 6.18 Å². The molecule has 13 heteroatoms. The third-order valence-corrected chi connectivity index (χ3v) is 8.31. The van der Waals surface area contributed by atoms with Crippen molar-refractivity contribution in [3.63, 3.8) is 0 Å². The van der Waals surface area contributed by atoms with Crippen LogP contribution in [0.4, 0.5) is 26.3 Å². The first kappa shape index (κ1) is 29.4. The summed E-state index contributed by atoms with van der Waals surface area (Å²) in [5.41, 5.74) is 5.53. The number of carbonyl (C=O) groups is 2. The van der Waals surface area contributed by atoms with Gasteiger partial charge < -0.3 is 11.1 Å². The van der Waals surface area contributed by atoms with Crippen LogP contribution in [0.15, 0.2) is 54.7 Å². The Morgan fingerprint density at radius 1 is 1.05 bits per heavy atom. The molecule has 0 saturated heterocycles. The second-order valence-electron chi connectivity index (χ2n) is 11.1. The minimum Gasteiger partial charge on any atom is -0.366 e. The van der Waals surface area contributed by atoms with E-state index in [0.29, 0.717) is 35.7 Å². The van der Waals surface area contributed by atoms with Crippen molar-refractivity contribution in [2.75, 3.05) is 0 Å². The average molecular weight is 614 g/mol. The number of alkyl halides is 3. The molecule has 2 aliphatic carbocycles. The third-order valence-electron chi connectivity index (χ3n) is 8.31. The van der Waals surface area contributed by atoms with E-state index >= 15 is 0 Å². The van der Waals surface area contributed by atoms with Gasteiger partial charge in [-0.25, -0.2) is 13.2 Å². The van der Waals surface area contributed by atoms with Crippen LogP contribution in [-0.2, 0) is 30.4 Å². The van der Waals surface area contributed by atoms with Gasteiger partial charge in [-0.1, -0.05) is 12.1 Å². The smallest absolute Gasteiger partial charge is 0.366 e. The maximum Gasteiger partial charge on any atom is 0.435 e. The number of primary amides is 1. The molecule has 1 saturated carbocycles. The first-order valence-corrected chi connectivity index (χ1v) is 13.8. The van der Waals surface area contributed by atoms with E-state index in [1.165, 1.54) is 18.3 Å². The van der Waals surface area contributed by atoms with Crippen LogP contribution in [-0.4, -0.2) is 26.6 Å². The number of hydrogen-bond donors (Lipinski definition) is 2. The van der Waals surface area contributed by atoms with Crippen LogP contribution >= 0.6 is 0 Å². The van der Waals surface area contributed by atoms with Gasteiger partial charge in [0.1, 0.15) is 24.0 Å². The van der Waals surface area contributed by atoms with Gasteiger partial charge in [0.05, 0.1) is 17.3 Å². The summed E-state index contributed by atoms with van der Waals surface area (Å²) in [4.78, 5) is 29.6. The summed E-state index contributed by atoms with van der Waals surface area (Å²) in [5, 5.41) is 6.54. The van der Waals surface area contributed by atoms with Gasteiger partial charge in [-0.05, 0) is 79.0 Å². The number of carbonyl (C=O) groups excluding carboxylic acids is 2. The Balaban J connectivity index is 1.36. The van der Waals surface area contributed by atoms with E-state index in [-0.39, 0.29) is 40.6 Å². The summed E-state index contributed by atoms with van der Waals surface area (Å²) in [5.74, 6) is -4.40. The summed E-state index contributed by atoms with van der Waals surface area (Å²) in [6.07, 6.45) is -1.61. The number of nitrogens with two attached hydrogens (primary N) is 1. The molecular weight excluding hydrogens is 588 g/mol. The van der Waals surface area contributed by atoms with Gasteiger partial charge in [0.15, 0.2) is 5.69 Å². The molecule has 228 valence electrons. The Hall–Kier alpha value is -4.68. The number of aromatic nitrogens is 3. The fourth-order valence-corrected chi connectivity index (χ4v) is 6.28. The summed E-state index contributed by atoms with van der Waals surface area (Å²) in [6, 6.07) is 8.61. The highest BCUT2D eigenvalue weighted by Gasteiger charge is 2.49. The molecule has 2 aromatic carbocycles. The van der Waals surface area contributed by atoms with Crippen molar-refractivity contribution >= 4 is 11.8 Å². The molecule has 2 aromatic heterocycles. The normalized spacial score (nSPS) is 17.9. The van der Waals surface area contributed by atoms with Crippen LogP contribution in [0.5, 0.6) is 0 Å². The molecule has 0 bridgehead atoms. The number of nitrogens with one attached hydrogen (secondary N) is 1. The Kier molecular flexibility index (Phi) is 7.42. The molecule has 0 spiro atoms. The van der Waals surface area contributed by atoms with E-state index in [1.54, 1.807) is 12.1 Å². The van der Waals surface area contributed by atoms with Crippen molar-refractivity contribution in [2.24, 2.45) is 11.7 Å². The SMILES string of the molecule is NC(=O)c1cc(-c2cccnc2[C@H](Cc2cc(F)cc(F)c2)NC(=O)Cn2nc(C(F)(F)F)c3c2C[C@@H]2CC[C@H]32)ccc1F. The van der Waals surface area contributed by atoms with Crippen molar-refractivity contribution in [2.45, 2.75) is 50.4 Å². The van der Waals surface area contributed by atoms with Gasteiger partial charge in [0, 0.05) is 29.1 Å². The standard InChI is InChI=1S/C31H25F6N5O2/c32-18-8-15(9-19(33)13-18)10-24(28-21(2-1-7-39-28)16-4-6-23(34)22(11-16)30(38)44)40-26(43)14-42-25-12-17-3-5-20(17)27(25)29(41-42)31(35,36)37/h1-2,4,6-9,11,13,17,20,24H,3,5,10,12,14H2,(H2,38,44)(H,40,43)/t17-,20-,24-/m0/s1. The fourth-order valence-electron chi connectivity index (χ4n) is 6.28. The molecule has 2 aliphatic rings. The van der Waals surface area contributed by atoms with E-state index in [4.69, 9.17) is 5.73 Å². The molecule has 2 heterocycles. The molecule has 44 heavy (non-hydrogen) atoms. The van der Waals surface area contributed by atoms with Gasteiger partial charge in [-0.3, -0.25) is 19.3 Å². The molecule has 2 amide bonds. The van der Waals surface area contributed by atoms with Crippen LogP contribution < -0.4 is 11.1 Å². The van der Waals surface area contributed by atoms with E-state index in [2.05, 4.69) is 15.4 Å². The van der Waals surface area contributed by atoms with Crippen LogP contribution in [0.3, 0.4) is 0 Å². The Bertz CT molecular complexity index is 1770. The maximum absolute atomic E-state index is 14.2. The summed E-state index contributed by atoms with van der Waals surface area (Å²) >= 11 is 0. The average Bonchev–Trinajstić information content (AvgIpc) is 3.40. The second-order valence-corrected chi connectivity index (χ2v) is 11.1. The molecule has 0 aliphatic heterocycles. The number of nitrogens with zero attached hydrogens (tertiary/aromatic N) is 3. The highest BCUT2D eigenvalue weighted by molar-refractivity contribution is 5.94. The largest absolute Gasteiger partial charge is 0.435 e. The van der Waals surface area contributed by atoms with Crippen LogP contribution in [0.1, 0.15) is 63.4 Å². The van der Waals surface area contributed by atoms with Gasteiger partial charge in [-0.15, -0.1) is 0 Å². The highest BCUT2D eigenvalue weighted by Crippen LogP contribution is 2.54. The minimum atomic E-state index is -4.68. The van der Waals surface area contributed by atoms with Crippen LogP contribution in [0.25, 0.3) is 11.1 Å². The Morgan fingerprint density at radius 2 is 1.80 bits per heavy atom. The zero-order valence-corrected chi connectivity index (χ0v) is 23.0. The van der Waals surface area contributed by atoms with Crippen molar-refractivity contribution in [1.82, 2.24) is 20.1 Å². The lowest BCUT2D eigenvalue weighted by atomic mass is 9.74. The summed E-state index contributed by atoms with van der Waals surface area (Å²) < 4.78 is 85.1. The maximum atomic E-state index is 14.2. The van der Waals surface area contributed by atoms with Gasteiger partial charge in [0.25, 0.3) is 5.91 Å². The summed E-state index contributed by atoms with van der Waals surface area (Å²) in [6.45, 7) is -0.531. The van der Waals surface area contributed by atoms with Crippen molar-refractivity contribution in [3.05, 3.63) is 106 Å². The number of hydrogen-bond acceptors (Lipinski definition) is 4. The zero-order chi connectivity index (χ0) is 31.3. The monoisotopic (exact) mass is 613 g/mol. The van der Waals surface area contributed by atoms with Gasteiger partial charge in [0.2, 0.25) is 5.91 Å². The number of pyridine rings is 1. The number of benzene rings is 2. The van der Waals surface area contributed by atoms with E-state index in [0.717, 1.165) is 29.3 Å². The van der Waals surface area contributed by atoms with E-state index < -0.39 is 53.7 Å². The quantitative estimate of drug-likeness (QED) is 0.252. The number of halogens is 6. The third kappa shape index (κ3) is 5.53. The zero-order valence-electron chi connectivity index (χ0n) is 23.0. The number of fused-ring (bicyclic) bond motifs is 3. The molecular formula is C31H25F6N5O2. The molecule has 0 unspecified atom stereocenters. The first-order valence-electron chi connectivity index (χ1n) is 13.8. The number of rotatable bonds is 8. The van der Waals surface area contributed by atoms with Crippen LogP contribution in [0.2, 0.25) is 0 Å². The molecule has 3 N–H and O–H groups in total. The summed E-state index contributed by atoms with van der Waals surface area (Å²) in [7, 11) is 0. The van der Waals surface area contributed by atoms with E-state index in [1.807, 2.05) is 0 Å². The molecule has 3 atom stereocenters. The van der Waals surface area contributed by atoms with Gasteiger partial charge in [-0.2, -0.15) is 18.3 Å². The number of amides is 2. The molecule has 7 nitrogen and oxygen atoms in total. The van der Waals surface area contributed by atoms with Crippen LogP contribution in [0, 0.1) is 23.4 Å². The fraction of sp³-hybridized carbons (Fsp3) is 0.290. The highest BCUT2D eigenvalue weighted by atomic mass is 19.4. The minimum absolute atomic E-state index is 0.0890. The molecule has 0 radical (unpaired) electrons. The first-order chi connectivity index (χ1) is 20.9. The van der Waals surface area contributed by atoms with Crippen molar-refractivity contribution in [3.8, 4) is 11.1 Å². The van der Waals surface area contributed by atoms with Crippen molar-refractivity contribution in [1.29, 1.82) is 0 Å². The second kappa shape index (κ2) is 11.1. The predicted molar refractivity (Wildman–Crippen MR) is 145 cm³/mol. The topological polar surface area (TPSA) is 103 Å². The lowest BCUT2D eigenvalue weighted by molar-refractivity contribution is -0.142. The molecule has 6 rings (SSSR count). The van der Waals surface area contributed by atoms with Crippen molar-refractivity contribution < 1.29 is 35.9 Å². The predicted octanol–water partition coefficient (Wildman–Crippen LogP) is 5.63. The Morgan fingerprint density at radius 3 is 2.45 bits per heavy atom. The molecule has 4 aromatic rings. The molecule has 1 fully saturated rings.